The molecule has 1 aromatic heterocycles. The Hall–Kier alpha value is -2.42. The molecule has 144 valence electrons. The number of benzene rings is 1. The highest BCUT2D eigenvalue weighted by molar-refractivity contribution is 5.96. The average Bonchev–Trinajstić information content (AvgIpc) is 3.11. The highest BCUT2D eigenvalue weighted by Gasteiger charge is 2.37. The summed E-state index contributed by atoms with van der Waals surface area (Å²) >= 11 is 0. The van der Waals surface area contributed by atoms with Gasteiger partial charge in [0.2, 0.25) is 0 Å². The number of rotatable bonds is 2. The van der Waals surface area contributed by atoms with Gasteiger partial charge in [0.05, 0.1) is 17.7 Å². The molecular weight excluding hydrogens is 359 g/mol. The smallest absolute Gasteiger partial charge is 0.339 e. The van der Waals surface area contributed by atoms with Crippen LogP contribution < -0.4 is 5.32 Å². The van der Waals surface area contributed by atoms with Gasteiger partial charge in [0.15, 0.2) is 0 Å². The third kappa shape index (κ3) is 3.43. The van der Waals surface area contributed by atoms with E-state index in [1.54, 1.807) is 0 Å². The molecule has 1 fully saturated rings. The van der Waals surface area contributed by atoms with Crippen molar-refractivity contribution < 1.29 is 18.0 Å². The number of nitrogens with zero attached hydrogens (tertiary/aromatic N) is 4. The largest absolute Gasteiger partial charge is 0.417 e. The number of amides is 1. The van der Waals surface area contributed by atoms with Crippen LogP contribution in [0.15, 0.2) is 24.3 Å². The number of alkyl halides is 3. The quantitative estimate of drug-likeness (QED) is 0.871. The van der Waals surface area contributed by atoms with Crippen molar-refractivity contribution in [2.45, 2.75) is 38.0 Å². The number of hydrogen-bond acceptors (Lipinski definition) is 4. The van der Waals surface area contributed by atoms with Gasteiger partial charge in [-0.05, 0) is 25.0 Å². The van der Waals surface area contributed by atoms with Crippen molar-refractivity contribution in [2.24, 2.45) is 0 Å². The van der Waals surface area contributed by atoms with Crippen molar-refractivity contribution in [3.8, 4) is 0 Å². The van der Waals surface area contributed by atoms with E-state index in [1.165, 1.54) is 23.1 Å². The number of hydrogen-bond donors (Lipinski definition) is 1. The predicted molar refractivity (Wildman–Crippen MR) is 91.1 cm³/mol. The van der Waals surface area contributed by atoms with Crippen LogP contribution in [0.3, 0.4) is 0 Å². The van der Waals surface area contributed by atoms with Gasteiger partial charge < -0.3 is 14.8 Å². The van der Waals surface area contributed by atoms with Gasteiger partial charge in [-0.25, -0.2) is 0 Å². The molecule has 0 atom stereocenters. The van der Waals surface area contributed by atoms with Crippen LogP contribution in [0.5, 0.6) is 0 Å². The van der Waals surface area contributed by atoms with E-state index in [2.05, 4.69) is 20.1 Å². The molecule has 3 heterocycles. The van der Waals surface area contributed by atoms with E-state index >= 15 is 0 Å². The van der Waals surface area contributed by atoms with Gasteiger partial charge >= 0.3 is 6.18 Å². The third-order valence-corrected chi connectivity index (χ3v) is 5.26. The van der Waals surface area contributed by atoms with E-state index in [0.29, 0.717) is 32.5 Å². The molecule has 1 saturated heterocycles. The molecule has 4 rings (SSSR count). The summed E-state index contributed by atoms with van der Waals surface area (Å²) in [5.41, 5.74) is -1.16. The van der Waals surface area contributed by atoms with Crippen molar-refractivity contribution in [1.82, 2.24) is 25.0 Å². The second-order valence-corrected chi connectivity index (χ2v) is 6.91. The van der Waals surface area contributed by atoms with Crippen LogP contribution in [0.4, 0.5) is 13.2 Å². The second-order valence-electron chi connectivity index (χ2n) is 6.91. The fourth-order valence-corrected chi connectivity index (χ4v) is 3.84. The summed E-state index contributed by atoms with van der Waals surface area (Å²) in [6.45, 7) is 3.20. The van der Waals surface area contributed by atoms with Gasteiger partial charge in [-0.1, -0.05) is 12.1 Å². The Morgan fingerprint density at radius 2 is 1.85 bits per heavy atom. The van der Waals surface area contributed by atoms with Crippen LogP contribution in [0, 0.1) is 0 Å². The molecule has 0 bridgehead atoms. The van der Waals surface area contributed by atoms with Crippen molar-refractivity contribution in [3.63, 3.8) is 0 Å². The minimum absolute atomic E-state index is 0.172. The van der Waals surface area contributed by atoms with Gasteiger partial charge in [-0.3, -0.25) is 4.79 Å². The number of likely N-dealkylation sites (tertiary alicyclic amines) is 1. The highest BCUT2D eigenvalue weighted by atomic mass is 19.4. The normalized spacial score (nSPS) is 18.4. The summed E-state index contributed by atoms with van der Waals surface area (Å²) in [6.07, 6.45) is -3.20. The molecular formula is C18H20F3N5O. The zero-order valence-electron chi connectivity index (χ0n) is 14.7. The fourth-order valence-electron chi connectivity index (χ4n) is 3.84. The topological polar surface area (TPSA) is 63.1 Å². The minimum Gasteiger partial charge on any atom is -0.339 e. The Morgan fingerprint density at radius 3 is 2.59 bits per heavy atom. The van der Waals surface area contributed by atoms with Gasteiger partial charge in [-0.2, -0.15) is 13.2 Å². The molecule has 27 heavy (non-hydrogen) atoms. The predicted octanol–water partition coefficient (Wildman–Crippen LogP) is 2.42. The van der Waals surface area contributed by atoms with E-state index in [4.69, 9.17) is 0 Å². The highest BCUT2D eigenvalue weighted by Crippen LogP contribution is 2.34. The van der Waals surface area contributed by atoms with Gasteiger partial charge in [0, 0.05) is 32.1 Å². The lowest BCUT2D eigenvalue weighted by Crippen LogP contribution is -2.39. The van der Waals surface area contributed by atoms with Crippen molar-refractivity contribution in [2.75, 3.05) is 19.6 Å². The standard InChI is InChI=1S/C18H20F3N5O/c19-18(20,21)14-4-2-1-3-13(14)17(27)25-8-5-12(6-9-25)16-24-23-15-11-22-7-10-26(15)16/h1-4,12,22H,5-11H2. The first-order chi connectivity index (χ1) is 12.9. The number of aromatic nitrogens is 3. The molecule has 0 spiro atoms. The lowest BCUT2D eigenvalue weighted by atomic mass is 9.94. The van der Waals surface area contributed by atoms with Crippen LogP contribution in [0.2, 0.25) is 0 Å². The first kappa shape index (κ1) is 18.0. The molecule has 0 radical (unpaired) electrons. The van der Waals surface area contributed by atoms with Crippen molar-refractivity contribution in [3.05, 3.63) is 47.0 Å². The Bertz CT molecular complexity index is 840. The van der Waals surface area contributed by atoms with Crippen LogP contribution in [0.25, 0.3) is 0 Å². The molecule has 0 saturated carbocycles. The molecule has 0 aliphatic carbocycles. The Labute approximate surface area is 154 Å². The Morgan fingerprint density at radius 1 is 1.11 bits per heavy atom. The van der Waals surface area contributed by atoms with Crippen molar-refractivity contribution in [1.29, 1.82) is 0 Å². The molecule has 1 amide bonds. The number of carbonyl (C=O) groups is 1. The lowest BCUT2D eigenvalue weighted by molar-refractivity contribution is -0.138. The van der Waals surface area contributed by atoms with Gasteiger partial charge in [-0.15, -0.1) is 10.2 Å². The summed E-state index contributed by atoms with van der Waals surface area (Å²) in [5, 5.41) is 11.8. The monoisotopic (exact) mass is 379 g/mol. The van der Waals surface area contributed by atoms with Crippen molar-refractivity contribution >= 4 is 5.91 Å². The third-order valence-electron chi connectivity index (χ3n) is 5.26. The van der Waals surface area contributed by atoms with E-state index in [-0.39, 0.29) is 11.5 Å². The number of carbonyl (C=O) groups excluding carboxylic acids is 1. The van der Waals surface area contributed by atoms with Crippen LogP contribution in [-0.4, -0.2) is 45.2 Å². The molecule has 1 aromatic carbocycles. The zero-order chi connectivity index (χ0) is 19.0. The average molecular weight is 379 g/mol. The fraction of sp³-hybridized carbons (Fsp3) is 0.500. The Kier molecular flexibility index (Phi) is 4.63. The first-order valence-corrected chi connectivity index (χ1v) is 9.03. The molecule has 9 heteroatoms. The SMILES string of the molecule is O=C(c1ccccc1C(F)(F)F)N1CCC(c2nnc3n2CCNC3)CC1. The lowest BCUT2D eigenvalue weighted by Gasteiger charge is -2.32. The van der Waals surface area contributed by atoms with E-state index in [9.17, 15) is 18.0 Å². The summed E-state index contributed by atoms with van der Waals surface area (Å²) in [4.78, 5) is 14.2. The molecule has 2 aliphatic rings. The zero-order valence-corrected chi connectivity index (χ0v) is 14.7. The molecule has 1 N–H and O–H groups in total. The van der Waals surface area contributed by atoms with Gasteiger partial charge in [0.1, 0.15) is 11.6 Å². The Balaban J connectivity index is 1.47. The van der Waals surface area contributed by atoms with Gasteiger partial charge in [0.25, 0.3) is 5.91 Å². The van der Waals surface area contributed by atoms with E-state index < -0.39 is 17.6 Å². The molecule has 0 unspecified atom stereocenters. The second kappa shape index (κ2) is 6.95. The summed E-state index contributed by atoms with van der Waals surface area (Å²) in [5.74, 6) is 1.45. The summed E-state index contributed by atoms with van der Waals surface area (Å²) in [7, 11) is 0. The summed E-state index contributed by atoms with van der Waals surface area (Å²) in [6, 6.07) is 4.97. The maximum absolute atomic E-state index is 13.2. The molecule has 2 aromatic rings. The van der Waals surface area contributed by atoms with E-state index in [0.717, 1.165) is 30.8 Å². The maximum atomic E-state index is 13.2. The number of nitrogens with one attached hydrogen (secondary N) is 1. The molecule has 6 nitrogen and oxygen atoms in total. The van der Waals surface area contributed by atoms with Crippen LogP contribution in [0.1, 0.15) is 46.3 Å². The summed E-state index contributed by atoms with van der Waals surface area (Å²) < 4.78 is 41.7. The number of fused-ring (bicyclic) bond motifs is 1. The molecule has 2 aliphatic heterocycles. The van der Waals surface area contributed by atoms with Crippen LogP contribution >= 0.6 is 0 Å². The first-order valence-electron chi connectivity index (χ1n) is 9.03. The minimum atomic E-state index is -4.54. The maximum Gasteiger partial charge on any atom is 0.417 e. The van der Waals surface area contributed by atoms with Crippen LogP contribution in [-0.2, 0) is 19.3 Å². The van der Waals surface area contributed by atoms with E-state index in [1.807, 2.05) is 0 Å². The number of halogens is 3. The number of piperidine rings is 1.